The number of carboxylic acid groups (broad SMARTS) is 1. The molecular weight excluding hydrogens is 359 g/mol. The van der Waals surface area contributed by atoms with Crippen LogP contribution in [0.1, 0.15) is 36.0 Å². The van der Waals surface area contributed by atoms with Crippen molar-refractivity contribution in [1.82, 2.24) is 9.80 Å². The highest BCUT2D eigenvalue weighted by molar-refractivity contribution is 6.30. The van der Waals surface area contributed by atoms with Gasteiger partial charge in [0.1, 0.15) is 11.2 Å². The second-order valence-electron chi connectivity index (χ2n) is 7.84. The van der Waals surface area contributed by atoms with E-state index in [-0.39, 0.29) is 23.0 Å². The number of benzene rings is 1. The van der Waals surface area contributed by atoms with E-state index in [4.69, 9.17) is 11.6 Å². The van der Waals surface area contributed by atoms with Gasteiger partial charge >= 0.3 is 5.97 Å². The van der Waals surface area contributed by atoms with E-state index in [0.29, 0.717) is 25.7 Å². The number of carbonyl (C=O) groups is 2. The third-order valence-corrected chi connectivity index (χ3v) is 6.59. The lowest BCUT2D eigenvalue weighted by molar-refractivity contribution is -0.148. The summed E-state index contributed by atoms with van der Waals surface area (Å²) in [7, 11) is 0. The fourth-order valence-corrected chi connectivity index (χ4v) is 5.10. The van der Waals surface area contributed by atoms with Crippen molar-refractivity contribution < 1.29 is 19.1 Å². The summed E-state index contributed by atoms with van der Waals surface area (Å²) in [6.07, 6.45) is 4.65. The van der Waals surface area contributed by atoms with Gasteiger partial charge in [-0.25, -0.2) is 4.39 Å². The van der Waals surface area contributed by atoms with Crippen molar-refractivity contribution in [3.05, 3.63) is 34.6 Å². The zero-order valence-electron chi connectivity index (χ0n) is 14.5. The molecule has 5 nitrogen and oxygen atoms in total. The van der Waals surface area contributed by atoms with Gasteiger partial charge in [0.25, 0.3) is 5.91 Å². The lowest BCUT2D eigenvalue weighted by atomic mass is 9.81. The van der Waals surface area contributed by atoms with Crippen LogP contribution in [0.2, 0.25) is 5.02 Å². The van der Waals surface area contributed by atoms with E-state index in [1.165, 1.54) is 29.9 Å². The zero-order chi connectivity index (χ0) is 18.5. The molecule has 1 amide bonds. The van der Waals surface area contributed by atoms with Crippen LogP contribution in [-0.4, -0.2) is 59.0 Å². The summed E-state index contributed by atoms with van der Waals surface area (Å²) in [6.45, 7) is 1.67. The molecule has 2 saturated heterocycles. The largest absolute Gasteiger partial charge is 0.481 e. The number of rotatable bonds is 3. The van der Waals surface area contributed by atoms with Gasteiger partial charge < -0.3 is 10.0 Å². The van der Waals surface area contributed by atoms with Gasteiger partial charge in [-0.05, 0) is 31.0 Å². The highest BCUT2D eigenvalue weighted by Crippen LogP contribution is 2.45. The molecule has 0 spiro atoms. The van der Waals surface area contributed by atoms with Gasteiger partial charge in [0, 0.05) is 43.2 Å². The van der Waals surface area contributed by atoms with Gasteiger partial charge in [-0.1, -0.05) is 24.4 Å². The Balaban J connectivity index is 1.54. The molecule has 26 heavy (non-hydrogen) atoms. The van der Waals surface area contributed by atoms with E-state index < -0.39 is 23.1 Å². The number of amides is 1. The van der Waals surface area contributed by atoms with Crippen LogP contribution < -0.4 is 0 Å². The predicted octanol–water partition coefficient (Wildman–Crippen LogP) is 2.88. The molecule has 0 radical (unpaired) electrons. The number of likely N-dealkylation sites (tertiary alicyclic amines) is 2. The fraction of sp³-hybridized carbons (Fsp3) is 0.579. The summed E-state index contributed by atoms with van der Waals surface area (Å²) in [5.74, 6) is -2.09. The first-order valence-electron chi connectivity index (χ1n) is 9.12. The Morgan fingerprint density at radius 1 is 1.19 bits per heavy atom. The minimum atomic E-state index is -0.943. The summed E-state index contributed by atoms with van der Waals surface area (Å²) in [5.41, 5.74) is -0.996. The van der Waals surface area contributed by atoms with Crippen LogP contribution >= 0.6 is 11.6 Å². The highest BCUT2D eigenvalue weighted by Gasteiger charge is 2.59. The van der Waals surface area contributed by atoms with Gasteiger partial charge in [0.2, 0.25) is 0 Å². The number of aliphatic carboxylic acids is 1. The average molecular weight is 381 g/mol. The van der Waals surface area contributed by atoms with Crippen molar-refractivity contribution in [2.45, 2.75) is 31.7 Å². The lowest BCUT2D eigenvalue weighted by Crippen LogP contribution is -2.43. The molecule has 3 fully saturated rings. The maximum Gasteiger partial charge on any atom is 0.313 e. The normalized spacial score (nSPS) is 29.3. The van der Waals surface area contributed by atoms with Crippen LogP contribution in [0.15, 0.2) is 18.2 Å². The number of hydrogen-bond donors (Lipinski definition) is 1. The summed E-state index contributed by atoms with van der Waals surface area (Å²) in [4.78, 5) is 28.7. The first-order valence-corrected chi connectivity index (χ1v) is 9.50. The summed E-state index contributed by atoms with van der Waals surface area (Å²) < 4.78 is 14.1. The number of halogens is 2. The first kappa shape index (κ1) is 17.7. The number of hydrogen-bond acceptors (Lipinski definition) is 3. The van der Waals surface area contributed by atoms with E-state index in [1.807, 2.05) is 0 Å². The van der Waals surface area contributed by atoms with Crippen molar-refractivity contribution in [2.75, 3.05) is 26.2 Å². The Hall–Kier alpha value is -1.66. The van der Waals surface area contributed by atoms with Crippen molar-refractivity contribution >= 4 is 23.5 Å². The number of fused-ring (bicyclic) bond motifs is 1. The summed E-state index contributed by atoms with van der Waals surface area (Å²) >= 11 is 5.75. The van der Waals surface area contributed by atoms with Gasteiger partial charge in [-0.2, -0.15) is 0 Å². The maximum atomic E-state index is 14.1. The quantitative estimate of drug-likeness (QED) is 0.875. The molecule has 0 unspecified atom stereocenters. The van der Waals surface area contributed by atoms with Crippen LogP contribution in [0.25, 0.3) is 0 Å². The fourth-order valence-electron chi connectivity index (χ4n) is 4.94. The van der Waals surface area contributed by atoms with Crippen molar-refractivity contribution in [2.24, 2.45) is 11.3 Å². The van der Waals surface area contributed by atoms with E-state index in [2.05, 4.69) is 4.90 Å². The Kier molecular flexibility index (Phi) is 4.43. The van der Waals surface area contributed by atoms with Crippen molar-refractivity contribution in [3.8, 4) is 0 Å². The van der Waals surface area contributed by atoms with Gasteiger partial charge in [-0.15, -0.1) is 0 Å². The molecule has 7 heteroatoms. The monoisotopic (exact) mass is 380 g/mol. The van der Waals surface area contributed by atoms with Crippen LogP contribution in [0.4, 0.5) is 4.39 Å². The molecule has 1 N–H and O–H groups in total. The summed E-state index contributed by atoms with van der Waals surface area (Å²) in [5, 5.41) is 10.2. The Morgan fingerprint density at radius 3 is 2.54 bits per heavy atom. The van der Waals surface area contributed by atoms with Crippen molar-refractivity contribution in [1.29, 1.82) is 0 Å². The van der Waals surface area contributed by atoms with Gasteiger partial charge in [-0.3, -0.25) is 14.5 Å². The van der Waals surface area contributed by atoms with Gasteiger partial charge in [0.05, 0.1) is 5.56 Å². The topological polar surface area (TPSA) is 60.9 Å². The predicted molar refractivity (Wildman–Crippen MR) is 94.7 cm³/mol. The molecule has 2 heterocycles. The molecular formula is C19H22ClFN2O3. The molecule has 0 bridgehead atoms. The standard InChI is InChI=1S/C19H22ClFN2O3/c20-13-5-6-15(16(21)7-13)17(24)23-9-12-8-22(14-3-1-2-4-14)10-19(12,11-23)18(25)26/h5-7,12,14H,1-4,8-11H2,(H,25,26)/t12-,19-/m1/s1. The van der Waals surface area contributed by atoms with Crippen LogP contribution in [-0.2, 0) is 4.79 Å². The van der Waals surface area contributed by atoms with E-state index in [9.17, 15) is 19.1 Å². The van der Waals surface area contributed by atoms with E-state index >= 15 is 0 Å². The van der Waals surface area contributed by atoms with E-state index in [1.54, 1.807) is 0 Å². The van der Waals surface area contributed by atoms with Crippen molar-refractivity contribution in [3.63, 3.8) is 0 Å². The highest BCUT2D eigenvalue weighted by atomic mass is 35.5. The molecule has 1 aromatic rings. The Morgan fingerprint density at radius 2 is 1.92 bits per heavy atom. The van der Waals surface area contributed by atoms with E-state index in [0.717, 1.165) is 18.9 Å². The molecule has 0 aromatic heterocycles. The first-order chi connectivity index (χ1) is 12.4. The lowest BCUT2D eigenvalue weighted by Gasteiger charge is -2.28. The van der Waals surface area contributed by atoms with Crippen LogP contribution in [0.5, 0.6) is 0 Å². The van der Waals surface area contributed by atoms with Crippen LogP contribution in [0, 0.1) is 17.2 Å². The molecule has 4 rings (SSSR count). The molecule has 1 aromatic carbocycles. The molecule has 1 saturated carbocycles. The minimum Gasteiger partial charge on any atom is -0.481 e. The smallest absolute Gasteiger partial charge is 0.313 e. The molecule has 2 aliphatic heterocycles. The Labute approximate surface area is 156 Å². The zero-order valence-corrected chi connectivity index (χ0v) is 15.2. The number of carboxylic acids is 1. The average Bonchev–Trinajstić information content (AvgIpc) is 3.28. The summed E-state index contributed by atoms with van der Waals surface area (Å²) in [6, 6.07) is 4.42. The molecule has 1 aliphatic carbocycles. The maximum absolute atomic E-state index is 14.1. The second kappa shape index (κ2) is 6.50. The minimum absolute atomic E-state index is 0.0532. The third-order valence-electron chi connectivity index (χ3n) is 6.35. The second-order valence-corrected chi connectivity index (χ2v) is 8.27. The van der Waals surface area contributed by atoms with Gasteiger partial charge in [0.15, 0.2) is 0 Å². The molecule has 2 atom stereocenters. The van der Waals surface area contributed by atoms with Crippen LogP contribution in [0.3, 0.4) is 0 Å². The SMILES string of the molecule is O=C(c1ccc(Cl)cc1F)N1C[C@H]2CN(C3CCCC3)C[C@@]2(C(=O)O)C1. The number of carbonyl (C=O) groups excluding carboxylic acids is 1. The molecule has 140 valence electrons. The Bertz CT molecular complexity index is 752. The number of nitrogens with zero attached hydrogens (tertiary/aromatic N) is 2. The third kappa shape index (κ3) is 2.79. The molecule has 3 aliphatic rings.